The van der Waals surface area contributed by atoms with Crippen molar-refractivity contribution in [1.29, 1.82) is 0 Å². The Bertz CT molecular complexity index is 553. The van der Waals surface area contributed by atoms with Gasteiger partial charge in [0.15, 0.2) is 9.84 Å². The lowest BCUT2D eigenvalue weighted by molar-refractivity contribution is -0.121. The number of nitrogens with zero attached hydrogens (tertiary/aromatic N) is 1. The summed E-state index contributed by atoms with van der Waals surface area (Å²) < 4.78 is 47.6. The molecular weight excluding hydrogens is 304 g/mol. The molecule has 1 unspecified atom stereocenters. The number of hydrogen-bond donors (Lipinski definition) is 1. The number of sulfone groups is 1. The second-order valence-corrected chi connectivity index (χ2v) is 9.57. The van der Waals surface area contributed by atoms with Crippen LogP contribution in [0.5, 0.6) is 0 Å². The van der Waals surface area contributed by atoms with Crippen LogP contribution in [0.2, 0.25) is 0 Å². The van der Waals surface area contributed by atoms with E-state index in [4.69, 9.17) is 0 Å². The second kappa shape index (κ2) is 6.40. The highest BCUT2D eigenvalue weighted by Crippen LogP contribution is 2.20. The van der Waals surface area contributed by atoms with Gasteiger partial charge in [-0.15, -0.1) is 0 Å². The molecule has 0 bridgehead atoms. The van der Waals surface area contributed by atoms with Crippen LogP contribution in [0.4, 0.5) is 0 Å². The van der Waals surface area contributed by atoms with E-state index in [2.05, 4.69) is 5.32 Å². The standard InChI is InChI=1S/C11H22N2O5S2/c1-9(2)12-11(14)4-6-13(19(3,15)16)10-5-7-20(17,18)8-10/h9-10H,4-8H2,1-3H3,(H,12,14). The minimum atomic E-state index is -3.53. The molecule has 1 aliphatic rings. The third-order valence-corrected chi connectivity index (χ3v) is 6.13. The molecule has 1 aliphatic heterocycles. The number of sulfonamides is 1. The predicted octanol–water partition coefficient (Wildman–Crippen LogP) is -0.650. The van der Waals surface area contributed by atoms with Crippen LogP contribution in [0.15, 0.2) is 0 Å². The van der Waals surface area contributed by atoms with Crippen molar-refractivity contribution in [2.75, 3.05) is 24.3 Å². The Kier molecular flexibility index (Phi) is 5.56. The van der Waals surface area contributed by atoms with Crippen LogP contribution < -0.4 is 5.32 Å². The first kappa shape index (κ1) is 17.4. The zero-order chi connectivity index (χ0) is 15.6. The molecule has 7 nitrogen and oxygen atoms in total. The number of rotatable bonds is 6. The van der Waals surface area contributed by atoms with Crippen molar-refractivity contribution in [2.24, 2.45) is 0 Å². The Hall–Kier alpha value is -0.670. The van der Waals surface area contributed by atoms with Gasteiger partial charge < -0.3 is 5.32 Å². The Morgan fingerprint density at radius 3 is 2.40 bits per heavy atom. The van der Waals surface area contributed by atoms with Crippen molar-refractivity contribution < 1.29 is 21.6 Å². The minimum Gasteiger partial charge on any atom is -0.354 e. The second-order valence-electron chi connectivity index (χ2n) is 5.40. The molecule has 1 atom stereocenters. The molecule has 20 heavy (non-hydrogen) atoms. The summed E-state index contributed by atoms with van der Waals surface area (Å²) in [5.41, 5.74) is 0. The highest BCUT2D eigenvalue weighted by atomic mass is 32.2. The van der Waals surface area contributed by atoms with Gasteiger partial charge in [-0.1, -0.05) is 0 Å². The molecule has 1 heterocycles. The molecule has 9 heteroatoms. The zero-order valence-electron chi connectivity index (χ0n) is 12.0. The fraction of sp³-hybridized carbons (Fsp3) is 0.909. The average Bonchev–Trinajstić information content (AvgIpc) is 2.55. The molecule has 0 saturated carbocycles. The fourth-order valence-electron chi connectivity index (χ4n) is 2.23. The largest absolute Gasteiger partial charge is 0.354 e. The summed E-state index contributed by atoms with van der Waals surface area (Å²) in [7, 11) is -6.70. The number of carbonyl (C=O) groups excluding carboxylic acids is 1. The highest BCUT2D eigenvalue weighted by Gasteiger charge is 2.36. The topological polar surface area (TPSA) is 101 Å². The van der Waals surface area contributed by atoms with E-state index in [1.54, 1.807) is 0 Å². The van der Waals surface area contributed by atoms with Crippen LogP contribution in [0.25, 0.3) is 0 Å². The van der Waals surface area contributed by atoms with Gasteiger partial charge in [-0.2, -0.15) is 4.31 Å². The molecule has 0 aliphatic carbocycles. The first-order valence-corrected chi connectivity index (χ1v) is 10.1. The van der Waals surface area contributed by atoms with Gasteiger partial charge in [0.1, 0.15) is 0 Å². The smallest absolute Gasteiger partial charge is 0.221 e. The quantitative estimate of drug-likeness (QED) is 0.699. The molecule has 0 aromatic rings. The highest BCUT2D eigenvalue weighted by molar-refractivity contribution is 7.92. The van der Waals surface area contributed by atoms with Crippen molar-refractivity contribution >= 4 is 25.8 Å². The average molecular weight is 326 g/mol. The SMILES string of the molecule is CC(C)NC(=O)CCN(C1CCS(=O)(=O)C1)S(C)(=O)=O. The normalized spacial score (nSPS) is 22.4. The number of amides is 1. The van der Waals surface area contributed by atoms with E-state index in [1.807, 2.05) is 13.8 Å². The van der Waals surface area contributed by atoms with Crippen molar-refractivity contribution in [3.8, 4) is 0 Å². The van der Waals surface area contributed by atoms with Gasteiger partial charge in [-0.3, -0.25) is 4.79 Å². The van der Waals surface area contributed by atoms with Crippen molar-refractivity contribution in [3.63, 3.8) is 0 Å². The lowest BCUT2D eigenvalue weighted by Crippen LogP contribution is -2.43. The summed E-state index contributed by atoms with van der Waals surface area (Å²) in [5.74, 6) is -0.400. The Morgan fingerprint density at radius 1 is 1.40 bits per heavy atom. The lowest BCUT2D eigenvalue weighted by atomic mass is 10.2. The van der Waals surface area contributed by atoms with Gasteiger partial charge in [0.05, 0.1) is 17.8 Å². The third-order valence-electron chi connectivity index (χ3n) is 3.05. The summed E-state index contributed by atoms with van der Waals surface area (Å²) in [5, 5.41) is 2.68. The van der Waals surface area contributed by atoms with Crippen LogP contribution in [0, 0.1) is 0 Å². The van der Waals surface area contributed by atoms with Crippen LogP contribution in [0.1, 0.15) is 26.7 Å². The number of hydrogen-bond acceptors (Lipinski definition) is 5. The summed E-state index contributed by atoms with van der Waals surface area (Å²) in [6.07, 6.45) is 1.36. The maximum atomic E-state index is 11.8. The molecular formula is C11H22N2O5S2. The van der Waals surface area contributed by atoms with Gasteiger partial charge in [-0.25, -0.2) is 16.8 Å². The molecule has 118 valence electrons. The Balaban J connectivity index is 2.71. The van der Waals surface area contributed by atoms with Gasteiger partial charge >= 0.3 is 0 Å². The monoisotopic (exact) mass is 326 g/mol. The maximum absolute atomic E-state index is 11.8. The fourth-order valence-corrected chi connectivity index (χ4v) is 5.20. The van der Waals surface area contributed by atoms with E-state index in [1.165, 1.54) is 0 Å². The number of nitrogens with one attached hydrogen (secondary N) is 1. The maximum Gasteiger partial charge on any atom is 0.221 e. The lowest BCUT2D eigenvalue weighted by Gasteiger charge is -2.25. The molecule has 0 aromatic heterocycles. The zero-order valence-corrected chi connectivity index (χ0v) is 13.6. The molecule has 0 aromatic carbocycles. The molecule has 1 rings (SSSR count). The Labute approximate surface area is 120 Å². The third kappa shape index (κ3) is 5.37. The van der Waals surface area contributed by atoms with E-state index < -0.39 is 25.9 Å². The molecule has 1 N–H and O–H groups in total. The molecule has 0 radical (unpaired) electrons. The molecule has 0 spiro atoms. The number of carbonyl (C=O) groups is 1. The summed E-state index contributed by atoms with van der Waals surface area (Å²) in [6.45, 7) is 3.64. The molecule has 1 fully saturated rings. The summed E-state index contributed by atoms with van der Waals surface area (Å²) in [4.78, 5) is 11.6. The van der Waals surface area contributed by atoms with E-state index >= 15 is 0 Å². The summed E-state index contributed by atoms with van der Waals surface area (Å²) >= 11 is 0. The first-order chi connectivity index (χ1) is 9.01. The Morgan fingerprint density at radius 2 is 2.00 bits per heavy atom. The van der Waals surface area contributed by atoms with Gasteiger partial charge in [-0.05, 0) is 20.3 Å². The van der Waals surface area contributed by atoms with Crippen molar-refractivity contribution in [1.82, 2.24) is 9.62 Å². The van der Waals surface area contributed by atoms with E-state index in [0.717, 1.165) is 10.6 Å². The minimum absolute atomic E-state index is 0.00186. The van der Waals surface area contributed by atoms with Gasteiger partial charge in [0, 0.05) is 25.0 Å². The van der Waals surface area contributed by atoms with Crippen LogP contribution >= 0.6 is 0 Å². The van der Waals surface area contributed by atoms with Crippen molar-refractivity contribution in [3.05, 3.63) is 0 Å². The van der Waals surface area contributed by atoms with Crippen LogP contribution in [-0.2, 0) is 24.7 Å². The van der Waals surface area contributed by atoms with E-state index in [0.29, 0.717) is 6.42 Å². The molecule has 1 amide bonds. The van der Waals surface area contributed by atoms with Crippen molar-refractivity contribution in [2.45, 2.75) is 38.8 Å². The van der Waals surface area contributed by atoms with Crippen LogP contribution in [0.3, 0.4) is 0 Å². The van der Waals surface area contributed by atoms with Crippen LogP contribution in [-0.4, -0.2) is 63.4 Å². The predicted molar refractivity (Wildman–Crippen MR) is 76.5 cm³/mol. The summed E-state index contributed by atoms with van der Waals surface area (Å²) in [6, 6.07) is -0.567. The van der Waals surface area contributed by atoms with Gasteiger partial charge in [0.2, 0.25) is 15.9 Å². The molecule has 1 saturated heterocycles. The van der Waals surface area contributed by atoms with Gasteiger partial charge in [0.25, 0.3) is 0 Å². The first-order valence-electron chi connectivity index (χ1n) is 6.48. The van der Waals surface area contributed by atoms with E-state index in [9.17, 15) is 21.6 Å². The van der Waals surface area contributed by atoms with E-state index in [-0.39, 0.29) is 36.4 Å².